The molecule has 0 aromatic rings. The fraction of sp³-hybridized carbons (Fsp3) is 0.884. The van der Waals surface area contributed by atoms with Crippen molar-refractivity contribution < 1.29 is 24.5 Å². The van der Waals surface area contributed by atoms with E-state index >= 15 is 0 Å². The van der Waals surface area contributed by atoms with Crippen molar-refractivity contribution >= 4 is 11.9 Å². The van der Waals surface area contributed by atoms with E-state index in [1.807, 2.05) is 6.08 Å². The van der Waals surface area contributed by atoms with Crippen LogP contribution in [-0.4, -0.2) is 47.4 Å². The Bertz CT molecular complexity index is 1210. The van der Waals surface area contributed by atoms with Gasteiger partial charge in [0.25, 0.3) is 0 Å². The van der Waals surface area contributed by atoms with Crippen molar-refractivity contribution in [3.05, 3.63) is 36.5 Å². The van der Waals surface area contributed by atoms with Crippen LogP contribution in [0.15, 0.2) is 36.5 Å². The lowest BCUT2D eigenvalue weighted by Gasteiger charge is -2.20. The second-order valence-corrected chi connectivity index (χ2v) is 23.2. The predicted octanol–water partition coefficient (Wildman–Crippen LogP) is 21.5. The molecule has 1 amide bonds. The fourth-order valence-corrected chi connectivity index (χ4v) is 10.5. The summed E-state index contributed by atoms with van der Waals surface area (Å²) in [6, 6.07) is -0.625. The summed E-state index contributed by atoms with van der Waals surface area (Å²) in [5, 5.41) is 23.2. The van der Waals surface area contributed by atoms with Crippen molar-refractivity contribution in [2.24, 2.45) is 0 Å². The van der Waals surface area contributed by atoms with Crippen LogP contribution < -0.4 is 5.32 Å². The maximum absolute atomic E-state index is 12.5. The first kappa shape index (κ1) is 73.1. The van der Waals surface area contributed by atoms with Crippen molar-refractivity contribution in [1.29, 1.82) is 0 Å². The zero-order valence-electron chi connectivity index (χ0n) is 50.5. The summed E-state index contributed by atoms with van der Waals surface area (Å²) in [6.07, 6.45) is 82.2. The topological polar surface area (TPSA) is 95.9 Å². The molecule has 0 fully saturated rings. The number of hydrogen-bond acceptors (Lipinski definition) is 5. The van der Waals surface area contributed by atoms with Crippen molar-refractivity contribution in [1.82, 2.24) is 5.32 Å². The third-order valence-corrected chi connectivity index (χ3v) is 15.6. The van der Waals surface area contributed by atoms with Gasteiger partial charge in [-0.1, -0.05) is 333 Å². The van der Waals surface area contributed by atoms with Gasteiger partial charge in [0.15, 0.2) is 0 Å². The molecular formula is C69H131NO5. The lowest BCUT2D eigenvalue weighted by atomic mass is 10.0. The number of amides is 1. The van der Waals surface area contributed by atoms with Crippen LogP contribution in [0.4, 0.5) is 0 Å². The van der Waals surface area contributed by atoms with Crippen LogP contribution in [0.2, 0.25) is 0 Å². The van der Waals surface area contributed by atoms with Gasteiger partial charge in [-0.3, -0.25) is 9.59 Å². The Morgan fingerprint density at radius 2 is 0.693 bits per heavy atom. The minimum absolute atomic E-state index is 0.00448. The normalized spacial score (nSPS) is 12.7. The molecule has 0 spiro atoms. The van der Waals surface area contributed by atoms with E-state index in [2.05, 4.69) is 43.5 Å². The number of unbranched alkanes of at least 4 members (excludes halogenated alkanes) is 48. The number of hydrogen-bond donors (Lipinski definition) is 3. The van der Waals surface area contributed by atoms with Gasteiger partial charge in [0, 0.05) is 12.8 Å². The molecule has 0 saturated carbocycles. The molecule has 2 unspecified atom stereocenters. The molecule has 0 heterocycles. The molecule has 0 bridgehead atoms. The van der Waals surface area contributed by atoms with Crippen LogP contribution in [0.1, 0.15) is 367 Å². The highest BCUT2D eigenvalue weighted by Crippen LogP contribution is 2.18. The van der Waals surface area contributed by atoms with E-state index < -0.39 is 12.1 Å². The second-order valence-electron chi connectivity index (χ2n) is 23.2. The Balaban J connectivity index is 3.35. The van der Waals surface area contributed by atoms with E-state index in [1.54, 1.807) is 6.08 Å². The van der Waals surface area contributed by atoms with Crippen LogP contribution in [0.25, 0.3) is 0 Å². The molecule has 0 aliphatic heterocycles. The molecule has 3 N–H and O–H groups in total. The summed E-state index contributed by atoms with van der Waals surface area (Å²) in [6.45, 7) is 4.86. The number of ether oxygens (including phenoxy) is 1. The van der Waals surface area contributed by atoms with Gasteiger partial charge < -0.3 is 20.3 Å². The largest absolute Gasteiger partial charge is 0.466 e. The Labute approximate surface area is 468 Å². The highest BCUT2D eigenvalue weighted by Gasteiger charge is 2.18. The van der Waals surface area contributed by atoms with Crippen molar-refractivity contribution in [3.8, 4) is 0 Å². The van der Waals surface area contributed by atoms with Gasteiger partial charge in [0.1, 0.15) is 0 Å². The van der Waals surface area contributed by atoms with Crippen LogP contribution in [-0.2, 0) is 14.3 Å². The number of aliphatic hydroxyl groups is 2. The van der Waals surface area contributed by atoms with E-state index in [0.29, 0.717) is 19.4 Å². The van der Waals surface area contributed by atoms with Gasteiger partial charge in [0.2, 0.25) is 5.91 Å². The monoisotopic (exact) mass is 1050 g/mol. The number of nitrogens with one attached hydrogen (secondary N) is 1. The van der Waals surface area contributed by atoms with Crippen LogP contribution in [0, 0.1) is 0 Å². The van der Waals surface area contributed by atoms with Gasteiger partial charge in [0.05, 0.1) is 25.4 Å². The molecule has 75 heavy (non-hydrogen) atoms. The first-order valence-electron chi connectivity index (χ1n) is 33.8. The van der Waals surface area contributed by atoms with Gasteiger partial charge in [-0.25, -0.2) is 0 Å². The standard InChI is InChI=1S/C69H131NO5/c1-3-5-7-9-11-13-15-17-34-38-41-45-49-53-57-61-67(72)66(65-71)70-68(73)62-58-54-50-46-42-39-35-32-30-28-26-24-22-20-18-19-21-23-25-27-29-31-33-36-40-44-48-52-56-60-64-75-69(74)63-59-55-51-47-43-37-16-14-12-10-8-6-4-2/h8,10,14,16,57,61,66-67,71-72H,3-7,9,11-13,15,17-56,58-60,62-65H2,1-2H3,(H,70,73)/b10-8-,16-14-,61-57+. The summed E-state index contributed by atoms with van der Waals surface area (Å²) in [5.74, 6) is -0.0578. The van der Waals surface area contributed by atoms with Crippen LogP contribution in [0.3, 0.4) is 0 Å². The Kier molecular flexibility index (Phi) is 63.0. The summed E-state index contributed by atoms with van der Waals surface area (Å²) >= 11 is 0. The molecular weight excluding hydrogens is 923 g/mol. The highest BCUT2D eigenvalue weighted by molar-refractivity contribution is 5.76. The lowest BCUT2D eigenvalue weighted by Crippen LogP contribution is -2.45. The smallest absolute Gasteiger partial charge is 0.305 e. The molecule has 0 aromatic heterocycles. The minimum atomic E-state index is -0.841. The third kappa shape index (κ3) is 61.2. The summed E-state index contributed by atoms with van der Waals surface area (Å²) in [5.41, 5.74) is 0. The lowest BCUT2D eigenvalue weighted by molar-refractivity contribution is -0.143. The molecule has 0 aromatic carbocycles. The average molecular weight is 1050 g/mol. The first-order valence-corrected chi connectivity index (χ1v) is 33.8. The number of carbonyl (C=O) groups excluding carboxylic acids is 2. The molecule has 0 saturated heterocycles. The molecule has 2 atom stereocenters. The van der Waals surface area contributed by atoms with Gasteiger partial charge in [-0.15, -0.1) is 0 Å². The Hall–Kier alpha value is -1.92. The van der Waals surface area contributed by atoms with Crippen LogP contribution >= 0.6 is 0 Å². The number of aliphatic hydroxyl groups excluding tert-OH is 2. The summed E-state index contributed by atoms with van der Waals surface area (Å²) in [7, 11) is 0. The average Bonchev–Trinajstić information content (AvgIpc) is 3.41. The predicted molar refractivity (Wildman–Crippen MR) is 329 cm³/mol. The molecule has 0 rings (SSSR count). The van der Waals surface area contributed by atoms with E-state index in [9.17, 15) is 19.8 Å². The SMILES string of the molecule is CCC/C=C\C/C=C\CCCCCCCC(=O)OCCCCCCCCCCCCCCCCCCCCCCCCCCCCCCCCC(=O)NC(CO)C(O)/C=C/CCCCCCCCCCCCCCC. The molecule has 0 radical (unpaired) electrons. The third-order valence-electron chi connectivity index (χ3n) is 15.6. The Morgan fingerprint density at radius 3 is 1.07 bits per heavy atom. The summed E-state index contributed by atoms with van der Waals surface area (Å²) < 4.78 is 5.48. The molecule has 0 aliphatic carbocycles. The molecule has 0 aliphatic rings. The number of carbonyl (C=O) groups is 2. The van der Waals surface area contributed by atoms with E-state index in [1.165, 1.54) is 289 Å². The number of allylic oxidation sites excluding steroid dienone is 5. The maximum Gasteiger partial charge on any atom is 0.305 e. The second kappa shape index (κ2) is 64.6. The fourth-order valence-electron chi connectivity index (χ4n) is 10.5. The van der Waals surface area contributed by atoms with Gasteiger partial charge in [-0.2, -0.15) is 0 Å². The zero-order valence-corrected chi connectivity index (χ0v) is 50.5. The minimum Gasteiger partial charge on any atom is -0.466 e. The number of esters is 1. The van der Waals surface area contributed by atoms with E-state index in [-0.39, 0.29) is 18.5 Å². The van der Waals surface area contributed by atoms with Crippen molar-refractivity contribution in [3.63, 3.8) is 0 Å². The van der Waals surface area contributed by atoms with Crippen molar-refractivity contribution in [2.75, 3.05) is 13.2 Å². The maximum atomic E-state index is 12.5. The zero-order chi connectivity index (χ0) is 54.3. The first-order chi connectivity index (χ1) is 37.0. The van der Waals surface area contributed by atoms with Gasteiger partial charge >= 0.3 is 5.97 Å². The quantitative estimate of drug-likeness (QED) is 0.0320. The molecule has 6 nitrogen and oxygen atoms in total. The van der Waals surface area contributed by atoms with E-state index in [0.717, 1.165) is 51.4 Å². The van der Waals surface area contributed by atoms with Crippen LogP contribution in [0.5, 0.6) is 0 Å². The number of rotatable bonds is 63. The van der Waals surface area contributed by atoms with Crippen molar-refractivity contribution in [2.45, 2.75) is 379 Å². The Morgan fingerprint density at radius 1 is 0.373 bits per heavy atom. The van der Waals surface area contributed by atoms with E-state index in [4.69, 9.17) is 4.74 Å². The highest BCUT2D eigenvalue weighted by atomic mass is 16.5. The molecule has 442 valence electrons. The van der Waals surface area contributed by atoms with Gasteiger partial charge in [-0.05, 0) is 57.8 Å². The molecule has 6 heteroatoms. The summed E-state index contributed by atoms with van der Waals surface area (Å²) in [4.78, 5) is 24.5.